The zero-order valence-electron chi connectivity index (χ0n) is 39.9. The molecule has 2 aliphatic heterocycles. The maximum absolute atomic E-state index is 2.72. The summed E-state index contributed by atoms with van der Waals surface area (Å²) in [5.74, 6) is 0. The van der Waals surface area contributed by atoms with Crippen molar-refractivity contribution in [1.82, 2.24) is 0 Å². The fraction of sp³-hybridized carbons (Fsp3) is 0.356. The molecule has 0 spiro atoms. The summed E-state index contributed by atoms with van der Waals surface area (Å²) in [6.07, 6.45) is 4.77. The number of rotatable bonds is 2. The van der Waals surface area contributed by atoms with E-state index in [9.17, 15) is 0 Å². The molecular weight excluding hydrogens is 812 g/mol. The van der Waals surface area contributed by atoms with Crippen molar-refractivity contribution in [3.63, 3.8) is 0 Å². The zero-order chi connectivity index (χ0) is 44.6. The van der Waals surface area contributed by atoms with Crippen molar-refractivity contribution in [2.75, 3.05) is 9.80 Å². The van der Waals surface area contributed by atoms with E-state index in [0.29, 0.717) is 0 Å². The van der Waals surface area contributed by atoms with Gasteiger partial charge in [-0.3, -0.25) is 0 Å². The highest BCUT2D eigenvalue weighted by atomic mass is 32.1. The molecular formula is C59H61BN2S2. The van der Waals surface area contributed by atoms with E-state index in [1.165, 1.54) is 139 Å². The minimum absolute atomic E-state index is 0.0157. The molecule has 4 heterocycles. The van der Waals surface area contributed by atoms with Gasteiger partial charge in [-0.05, 0) is 165 Å². The molecule has 0 N–H and O–H groups in total. The molecule has 4 aliphatic rings. The molecule has 64 heavy (non-hydrogen) atoms. The number of fused-ring (bicyclic) bond motifs is 11. The van der Waals surface area contributed by atoms with Gasteiger partial charge in [0.1, 0.15) is 0 Å². The molecule has 2 nitrogen and oxygen atoms in total. The summed E-state index contributed by atoms with van der Waals surface area (Å²) in [7, 11) is 0. The summed E-state index contributed by atoms with van der Waals surface area (Å²) in [6, 6.07) is 41.4. The second-order valence-corrected chi connectivity index (χ2v) is 25.7. The first-order valence-corrected chi connectivity index (χ1v) is 25.4. The standard InChI is InChI=1S/C59H61BN2S2/c1-34-28-46-52-47(29-34)62(44-17-15-19-50-51(44)37-16-13-14-18-48(37)63-50)53-38-30-35(55(2,3)4)20-23-49(38)64-54(53)60(52)43-32-41-42(59(11,12)27-26-58(41,9)10)33-45(43)61(46)36-21-22-39-40(31-36)57(7,8)25-24-56(39,5)6/h13-23,28-33H,24-27H2,1-12H3. The Hall–Kier alpha value is -4.84. The predicted molar refractivity (Wildman–Crippen MR) is 283 cm³/mol. The first-order valence-electron chi connectivity index (χ1n) is 23.8. The maximum Gasteiger partial charge on any atom is 0.264 e. The second-order valence-electron chi connectivity index (χ2n) is 23.6. The lowest BCUT2D eigenvalue weighted by molar-refractivity contribution is 0.332. The minimum Gasteiger partial charge on any atom is -0.311 e. The number of aryl methyl sites for hydroxylation is 1. The number of hydrogen-bond acceptors (Lipinski definition) is 4. The molecule has 0 unspecified atom stereocenters. The van der Waals surface area contributed by atoms with Crippen LogP contribution in [0.2, 0.25) is 0 Å². The van der Waals surface area contributed by atoms with Gasteiger partial charge in [-0.2, -0.15) is 0 Å². The normalized spacial score (nSPS) is 18.8. The smallest absolute Gasteiger partial charge is 0.264 e. The van der Waals surface area contributed by atoms with Crippen LogP contribution >= 0.6 is 22.7 Å². The first-order chi connectivity index (χ1) is 30.2. The van der Waals surface area contributed by atoms with Gasteiger partial charge in [-0.15, -0.1) is 22.7 Å². The number of hydrogen-bond donors (Lipinski definition) is 0. The number of anilines is 6. The van der Waals surface area contributed by atoms with Crippen LogP contribution in [0.3, 0.4) is 0 Å². The average molecular weight is 873 g/mol. The third-order valence-electron chi connectivity index (χ3n) is 16.4. The van der Waals surface area contributed by atoms with Crippen molar-refractivity contribution >= 4 is 109 Å². The van der Waals surface area contributed by atoms with Crippen molar-refractivity contribution in [1.29, 1.82) is 0 Å². The maximum atomic E-state index is 2.72. The highest BCUT2D eigenvalue weighted by Crippen LogP contribution is 2.55. The monoisotopic (exact) mass is 872 g/mol. The van der Waals surface area contributed by atoms with Gasteiger partial charge in [-0.25, -0.2) is 0 Å². The fourth-order valence-corrected chi connectivity index (χ4v) is 14.8. The molecule has 2 aromatic heterocycles. The molecule has 5 heteroatoms. The van der Waals surface area contributed by atoms with Crippen LogP contribution in [0.25, 0.3) is 30.3 Å². The molecule has 322 valence electrons. The Morgan fingerprint density at radius 3 is 1.83 bits per heavy atom. The van der Waals surface area contributed by atoms with Gasteiger partial charge in [0, 0.05) is 57.8 Å². The zero-order valence-corrected chi connectivity index (χ0v) is 41.6. The van der Waals surface area contributed by atoms with Crippen molar-refractivity contribution in [3.8, 4) is 0 Å². The molecule has 12 rings (SSSR count). The van der Waals surface area contributed by atoms with Gasteiger partial charge in [-0.1, -0.05) is 119 Å². The predicted octanol–water partition coefficient (Wildman–Crippen LogP) is 15.7. The molecule has 0 amide bonds. The lowest BCUT2D eigenvalue weighted by atomic mass is 9.35. The molecule has 0 atom stereocenters. The van der Waals surface area contributed by atoms with E-state index in [0.717, 1.165) is 0 Å². The summed E-state index contributed by atoms with van der Waals surface area (Å²) in [4.78, 5) is 5.43. The lowest BCUT2D eigenvalue weighted by Crippen LogP contribution is -2.61. The van der Waals surface area contributed by atoms with Crippen molar-refractivity contribution in [2.24, 2.45) is 0 Å². The van der Waals surface area contributed by atoms with E-state index >= 15 is 0 Å². The van der Waals surface area contributed by atoms with Gasteiger partial charge in [0.15, 0.2) is 0 Å². The van der Waals surface area contributed by atoms with Gasteiger partial charge >= 0.3 is 0 Å². The Balaban J connectivity index is 1.23. The van der Waals surface area contributed by atoms with Crippen LogP contribution in [0.4, 0.5) is 34.1 Å². The summed E-state index contributed by atoms with van der Waals surface area (Å²) in [5, 5.41) is 4.04. The summed E-state index contributed by atoms with van der Waals surface area (Å²) < 4.78 is 5.49. The van der Waals surface area contributed by atoms with Crippen LogP contribution in [-0.2, 0) is 27.1 Å². The van der Waals surface area contributed by atoms with Gasteiger partial charge in [0.05, 0.1) is 11.4 Å². The van der Waals surface area contributed by atoms with Crippen LogP contribution in [0, 0.1) is 6.92 Å². The molecule has 0 saturated heterocycles. The average Bonchev–Trinajstić information content (AvgIpc) is 3.82. The summed E-state index contributed by atoms with van der Waals surface area (Å²) >= 11 is 3.95. The van der Waals surface area contributed by atoms with Gasteiger partial charge in [0.25, 0.3) is 6.71 Å². The van der Waals surface area contributed by atoms with Crippen molar-refractivity contribution in [3.05, 3.63) is 137 Å². The Morgan fingerprint density at radius 2 is 1.12 bits per heavy atom. The minimum atomic E-state index is 0.0157. The van der Waals surface area contributed by atoms with Gasteiger partial charge in [0.2, 0.25) is 0 Å². The summed E-state index contributed by atoms with van der Waals surface area (Å²) in [5.41, 5.74) is 19.9. The van der Waals surface area contributed by atoms with Crippen LogP contribution in [0.1, 0.15) is 135 Å². The molecule has 0 fully saturated rings. The van der Waals surface area contributed by atoms with Crippen molar-refractivity contribution < 1.29 is 0 Å². The quantitative estimate of drug-likeness (QED) is 0.160. The number of benzene rings is 6. The van der Waals surface area contributed by atoms with Crippen molar-refractivity contribution in [2.45, 2.75) is 136 Å². The van der Waals surface area contributed by atoms with E-state index in [2.05, 4.69) is 196 Å². The second kappa shape index (κ2) is 13.2. The third kappa shape index (κ3) is 5.68. The topological polar surface area (TPSA) is 6.48 Å². The van der Waals surface area contributed by atoms with E-state index in [1.54, 1.807) is 0 Å². The van der Waals surface area contributed by atoms with Crippen LogP contribution in [0.5, 0.6) is 0 Å². The Labute approximate surface area is 389 Å². The molecule has 8 aromatic rings. The molecule has 2 aliphatic carbocycles. The summed E-state index contributed by atoms with van der Waals surface area (Å²) in [6.45, 7) is 29.3. The van der Waals surface area contributed by atoms with Crippen LogP contribution in [0.15, 0.2) is 103 Å². The largest absolute Gasteiger partial charge is 0.311 e. The number of thiophene rings is 2. The van der Waals surface area contributed by atoms with E-state index in [-0.39, 0.29) is 33.8 Å². The van der Waals surface area contributed by atoms with Crippen LogP contribution < -0.4 is 25.5 Å². The SMILES string of the molecule is Cc1cc2c3c(c1)N(c1cccc4sc5ccccc5c14)c1c(sc4ccc(C(C)(C)C)cc14)B3c1cc3c(cc1N2c1ccc2c(c1)C(C)(C)CCC2(C)C)C(C)(C)CCC3(C)C. The van der Waals surface area contributed by atoms with E-state index < -0.39 is 0 Å². The number of nitrogens with zero attached hydrogens (tertiary/aromatic N) is 2. The van der Waals surface area contributed by atoms with E-state index in [1.807, 2.05) is 22.7 Å². The molecule has 0 radical (unpaired) electrons. The van der Waals surface area contributed by atoms with E-state index in [4.69, 9.17) is 0 Å². The first kappa shape index (κ1) is 40.7. The Kier molecular flexibility index (Phi) is 8.36. The highest BCUT2D eigenvalue weighted by Gasteiger charge is 2.48. The Bertz CT molecular complexity index is 3310. The molecule has 0 saturated carbocycles. The lowest BCUT2D eigenvalue weighted by Gasteiger charge is -2.47. The fourth-order valence-electron chi connectivity index (χ4n) is 12.3. The molecule has 0 bridgehead atoms. The van der Waals surface area contributed by atoms with Crippen LogP contribution in [-0.4, -0.2) is 6.71 Å². The highest BCUT2D eigenvalue weighted by molar-refractivity contribution is 7.33. The van der Waals surface area contributed by atoms with Gasteiger partial charge < -0.3 is 9.80 Å². The Morgan fingerprint density at radius 1 is 0.516 bits per heavy atom. The third-order valence-corrected chi connectivity index (χ3v) is 18.7. The molecule has 6 aromatic carbocycles.